The summed E-state index contributed by atoms with van der Waals surface area (Å²) in [5, 5.41) is 7.94. The number of rotatable bonds is 8. The number of nitrogens with zero attached hydrogens (tertiary/aromatic N) is 2. The van der Waals surface area contributed by atoms with Crippen LogP contribution in [0.4, 0.5) is 5.13 Å². The molecule has 2 aromatic heterocycles. The number of thiazole rings is 1. The average molecular weight is 453 g/mol. The van der Waals surface area contributed by atoms with Crippen LogP contribution in [0.5, 0.6) is 0 Å². The minimum Gasteiger partial charge on any atom is -0.469 e. The lowest BCUT2D eigenvalue weighted by Gasteiger charge is -2.25. The number of likely N-dealkylation sites (tertiary alicyclic amines) is 1. The van der Waals surface area contributed by atoms with E-state index >= 15 is 0 Å². The Bertz CT molecular complexity index is 1110. The molecule has 8 nitrogen and oxygen atoms in total. The normalized spacial score (nSPS) is 14.4. The zero-order valence-corrected chi connectivity index (χ0v) is 18.5. The van der Waals surface area contributed by atoms with Gasteiger partial charge in [0.1, 0.15) is 5.76 Å². The molecule has 1 aromatic carbocycles. The first-order valence-corrected chi connectivity index (χ1v) is 11.3. The molecule has 1 unspecified atom stereocenters. The predicted octanol–water partition coefficient (Wildman–Crippen LogP) is 3.32. The van der Waals surface area contributed by atoms with Gasteiger partial charge in [0.2, 0.25) is 11.8 Å². The fourth-order valence-corrected chi connectivity index (χ4v) is 4.38. The Morgan fingerprint density at radius 3 is 2.75 bits per heavy atom. The second-order valence-corrected chi connectivity index (χ2v) is 8.50. The summed E-state index contributed by atoms with van der Waals surface area (Å²) in [4.78, 5) is 43.3. The Morgan fingerprint density at radius 2 is 2.06 bits per heavy atom. The molecule has 166 valence electrons. The van der Waals surface area contributed by atoms with E-state index in [0.29, 0.717) is 41.7 Å². The van der Waals surface area contributed by atoms with E-state index in [9.17, 15) is 14.4 Å². The van der Waals surface area contributed by atoms with Crippen molar-refractivity contribution >= 4 is 34.2 Å². The molecule has 1 atom stereocenters. The van der Waals surface area contributed by atoms with Gasteiger partial charge in [0.15, 0.2) is 5.13 Å². The molecule has 0 spiro atoms. The van der Waals surface area contributed by atoms with Gasteiger partial charge in [-0.15, -0.1) is 11.3 Å². The Hall–Kier alpha value is -3.46. The highest BCUT2D eigenvalue weighted by Gasteiger charge is 2.25. The van der Waals surface area contributed by atoms with Gasteiger partial charge in [-0.2, -0.15) is 0 Å². The van der Waals surface area contributed by atoms with Crippen molar-refractivity contribution in [2.45, 2.75) is 32.2 Å². The van der Waals surface area contributed by atoms with E-state index in [1.807, 2.05) is 30.3 Å². The van der Waals surface area contributed by atoms with E-state index in [-0.39, 0.29) is 30.2 Å². The van der Waals surface area contributed by atoms with Crippen LogP contribution in [-0.4, -0.2) is 40.7 Å². The molecule has 3 heterocycles. The SMILES string of the molecule is Cc1occc1C(=O)Nc1nc(CC(=O)NC(CN2CCCC2=O)c2ccccc2)cs1. The standard InChI is InChI=1S/C23H24N4O4S/c1-15-18(9-11-31-15)22(30)26-23-24-17(14-32-23)12-20(28)25-19(16-6-3-2-4-7-16)13-27-10-5-8-21(27)29/h2-4,6-7,9,11,14,19H,5,8,10,12-13H2,1H3,(H,25,28)(H,24,26,30). The van der Waals surface area contributed by atoms with Crippen molar-refractivity contribution < 1.29 is 18.8 Å². The zero-order valence-electron chi connectivity index (χ0n) is 17.7. The van der Waals surface area contributed by atoms with Crippen molar-refractivity contribution in [1.82, 2.24) is 15.2 Å². The summed E-state index contributed by atoms with van der Waals surface area (Å²) >= 11 is 1.26. The van der Waals surface area contributed by atoms with Crippen LogP contribution in [0.15, 0.2) is 52.5 Å². The molecule has 1 saturated heterocycles. The van der Waals surface area contributed by atoms with Crippen molar-refractivity contribution in [1.29, 1.82) is 0 Å². The van der Waals surface area contributed by atoms with Crippen LogP contribution in [0.3, 0.4) is 0 Å². The largest absolute Gasteiger partial charge is 0.469 e. The first-order valence-electron chi connectivity index (χ1n) is 10.4. The number of nitrogens with one attached hydrogen (secondary N) is 2. The molecule has 1 fully saturated rings. The molecule has 0 radical (unpaired) electrons. The Morgan fingerprint density at radius 1 is 1.25 bits per heavy atom. The number of hydrogen-bond acceptors (Lipinski definition) is 6. The van der Waals surface area contributed by atoms with Gasteiger partial charge in [-0.3, -0.25) is 19.7 Å². The Kier molecular flexibility index (Phi) is 6.65. The number of carbonyl (C=O) groups is 3. The number of furan rings is 1. The number of aromatic nitrogens is 1. The molecule has 0 bridgehead atoms. The van der Waals surface area contributed by atoms with Crippen LogP contribution in [0.25, 0.3) is 0 Å². The molecule has 1 aliphatic rings. The third-order valence-corrected chi connectivity index (χ3v) is 6.14. The number of aryl methyl sites for hydroxylation is 1. The lowest BCUT2D eigenvalue weighted by Crippen LogP contribution is -2.39. The summed E-state index contributed by atoms with van der Waals surface area (Å²) in [6, 6.07) is 10.9. The van der Waals surface area contributed by atoms with Gasteiger partial charge in [-0.25, -0.2) is 4.98 Å². The van der Waals surface area contributed by atoms with E-state index in [0.717, 1.165) is 12.0 Å². The second-order valence-electron chi connectivity index (χ2n) is 7.64. The molecule has 4 rings (SSSR count). The van der Waals surface area contributed by atoms with Crippen LogP contribution in [0.1, 0.15) is 46.3 Å². The molecule has 0 saturated carbocycles. The van der Waals surface area contributed by atoms with E-state index in [1.165, 1.54) is 17.6 Å². The van der Waals surface area contributed by atoms with Gasteiger partial charge in [-0.05, 0) is 25.0 Å². The summed E-state index contributed by atoms with van der Waals surface area (Å²) in [5.41, 5.74) is 1.96. The van der Waals surface area contributed by atoms with Crippen molar-refractivity contribution in [2.24, 2.45) is 0 Å². The monoisotopic (exact) mass is 452 g/mol. The number of hydrogen-bond donors (Lipinski definition) is 2. The van der Waals surface area contributed by atoms with E-state index < -0.39 is 0 Å². The Labute approximate surface area is 189 Å². The van der Waals surface area contributed by atoms with Gasteiger partial charge >= 0.3 is 0 Å². The van der Waals surface area contributed by atoms with Crippen LogP contribution in [-0.2, 0) is 16.0 Å². The lowest BCUT2D eigenvalue weighted by molar-refractivity contribution is -0.129. The lowest BCUT2D eigenvalue weighted by atomic mass is 10.1. The molecule has 3 amide bonds. The first-order chi connectivity index (χ1) is 15.5. The second kappa shape index (κ2) is 9.78. The van der Waals surface area contributed by atoms with Crippen LogP contribution in [0, 0.1) is 6.92 Å². The summed E-state index contributed by atoms with van der Waals surface area (Å²) in [6.45, 7) is 2.87. The molecule has 0 aliphatic carbocycles. The molecule has 32 heavy (non-hydrogen) atoms. The summed E-state index contributed by atoms with van der Waals surface area (Å²) in [6.07, 6.45) is 2.94. The van der Waals surface area contributed by atoms with E-state index in [1.54, 1.807) is 23.3 Å². The number of anilines is 1. The van der Waals surface area contributed by atoms with E-state index in [4.69, 9.17) is 4.42 Å². The van der Waals surface area contributed by atoms with E-state index in [2.05, 4.69) is 15.6 Å². The minimum absolute atomic E-state index is 0.0778. The van der Waals surface area contributed by atoms with Gasteiger partial charge in [0, 0.05) is 24.9 Å². The van der Waals surface area contributed by atoms with Crippen LogP contribution < -0.4 is 10.6 Å². The molecule has 9 heteroatoms. The maximum absolute atomic E-state index is 12.8. The summed E-state index contributed by atoms with van der Waals surface area (Å²) < 4.78 is 5.15. The van der Waals surface area contributed by atoms with Gasteiger partial charge in [0.25, 0.3) is 5.91 Å². The van der Waals surface area contributed by atoms with Gasteiger partial charge in [-0.1, -0.05) is 30.3 Å². The maximum Gasteiger partial charge on any atom is 0.260 e. The van der Waals surface area contributed by atoms with Crippen LogP contribution in [0.2, 0.25) is 0 Å². The maximum atomic E-state index is 12.8. The quantitative estimate of drug-likeness (QED) is 0.546. The van der Waals surface area contributed by atoms with Crippen molar-refractivity contribution in [3.05, 3.63) is 70.6 Å². The van der Waals surface area contributed by atoms with Crippen molar-refractivity contribution in [3.8, 4) is 0 Å². The summed E-state index contributed by atoms with van der Waals surface area (Å²) in [5.74, 6) is 0.149. The third-order valence-electron chi connectivity index (χ3n) is 5.33. The summed E-state index contributed by atoms with van der Waals surface area (Å²) in [7, 11) is 0. The number of amides is 3. The number of carbonyl (C=O) groups excluding carboxylic acids is 3. The Balaban J connectivity index is 1.38. The highest BCUT2D eigenvalue weighted by molar-refractivity contribution is 7.14. The predicted molar refractivity (Wildman–Crippen MR) is 120 cm³/mol. The first kappa shape index (κ1) is 21.8. The number of benzene rings is 1. The van der Waals surface area contributed by atoms with Crippen LogP contribution >= 0.6 is 11.3 Å². The minimum atomic E-state index is -0.305. The average Bonchev–Trinajstić information content (AvgIpc) is 3.50. The van der Waals surface area contributed by atoms with Crippen molar-refractivity contribution in [2.75, 3.05) is 18.4 Å². The molecular weight excluding hydrogens is 428 g/mol. The topological polar surface area (TPSA) is 105 Å². The fraction of sp³-hybridized carbons (Fsp3) is 0.304. The molecule has 2 N–H and O–H groups in total. The molecule has 1 aliphatic heterocycles. The smallest absolute Gasteiger partial charge is 0.260 e. The highest BCUT2D eigenvalue weighted by atomic mass is 32.1. The molecular formula is C23H24N4O4S. The van der Waals surface area contributed by atoms with Crippen molar-refractivity contribution in [3.63, 3.8) is 0 Å². The fourth-order valence-electron chi connectivity index (χ4n) is 3.68. The zero-order chi connectivity index (χ0) is 22.5. The third kappa shape index (κ3) is 5.23. The molecule has 3 aromatic rings. The van der Waals surface area contributed by atoms with Gasteiger partial charge in [0.05, 0.1) is 30.0 Å². The highest BCUT2D eigenvalue weighted by Crippen LogP contribution is 2.21. The van der Waals surface area contributed by atoms with Gasteiger partial charge < -0.3 is 14.6 Å².